The summed E-state index contributed by atoms with van der Waals surface area (Å²) in [6.07, 6.45) is 1.58. The third kappa shape index (κ3) is 4.12. The first-order chi connectivity index (χ1) is 13.2. The Morgan fingerprint density at radius 3 is 2.59 bits per heavy atom. The van der Waals surface area contributed by atoms with Crippen molar-refractivity contribution in [1.82, 2.24) is 4.98 Å². The Labute approximate surface area is 161 Å². The van der Waals surface area contributed by atoms with Crippen molar-refractivity contribution in [2.24, 2.45) is 0 Å². The van der Waals surface area contributed by atoms with E-state index in [2.05, 4.69) is 15.6 Å². The van der Waals surface area contributed by atoms with Crippen LogP contribution in [0, 0.1) is 0 Å². The summed E-state index contributed by atoms with van der Waals surface area (Å²) in [5.41, 5.74) is 2.46. The van der Waals surface area contributed by atoms with Crippen LogP contribution < -0.4 is 20.1 Å². The van der Waals surface area contributed by atoms with Crippen molar-refractivity contribution in [3.8, 4) is 11.5 Å². The second-order valence-corrected chi connectivity index (χ2v) is 6.31. The molecule has 2 heterocycles. The van der Waals surface area contributed by atoms with Gasteiger partial charge in [0.05, 0.1) is 0 Å². The molecule has 0 spiro atoms. The van der Waals surface area contributed by atoms with E-state index in [-0.39, 0.29) is 11.6 Å². The normalized spacial score (nSPS) is 12.3. The van der Waals surface area contributed by atoms with Crippen LogP contribution in [0.5, 0.6) is 11.5 Å². The maximum atomic E-state index is 12.5. The van der Waals surface area contributed by atoms with Gasteiger partial charge in [-0.1, -0.05) is 17.7 Å². The van der Waals surface area contributed by atoms with Crippen molar-refractivity contribution >= 4 is 34.6 Å². The van der Waals surface area contributed by atoms with Gasteiger partial charge in [-0.05, 0) is 42.5 Å². The molecule has 4 rings (SSSR count). The SMILES string of the molecule is O=C(Nc1ccc2c(c1)OCCO2)c1cc(Nc2cccc(Cl)c2)ccn1. The van der Waals surface area contributed by atoms with Gasteiger partial charge in [0.1, 0.15) is 18.9 Å². The van der Waals surface area contributed by atoms with E-state index in [0.29, 0.717) is 35.4 Å². The molecule has 0 saturated heterocycles. The lowest BCUT2D eigenvalue weighted by molar-refractivity contribution is 0.102. The summed E-state index contributed by atoms with van der Waals surface area (Å²) in [5.74, 6) is 0.967. The van der Waals surface area contributed by atoms with Crippen molar-refractivity contribution in [3.63, 3.8) is 0 Å². The van der Waals surface area contributed by atoms with Gasteiger partial charge in [0, 0.05) is 34.3 Å². The van der Waals surface area contributed by atoms with Crippen LogP contribution in [0.3, 0.4) is 0 Å². The van der Waals surface area contributed by atoms with Crippen LogP contribution in [-0.4, -0.2) is 24.1 Å². The second-order valence-electron chi connectivity index (χ2n) is 5.88. The average molecular weight is 382 g/mol. The van der Waals surface area contributed by atoms with E-state index in [1.54, 1.807) is 48.7 Å². The molecule has 0 fully saturated rings. The second kappa shape index (κ2) is 7.55. The minimum atomic E-state index is -0.318. The van der Waals surface area contributed by atoms with Gasteiger partial charge < -0.3 is 20.1 Å². The zero-order valence-corrected chi connectivity index (χ0v) is 15.0. The third-order valence-corrected chi connectivity index (χ3v) is 4.14. The van der Waals surface area contributed by atoms with Crippen molar-refractivity contribution < 1.29 is 14.3 Å². The smallest absolute Gasteiger partial charge is 0.274 e. The van der Waals surface area contributed by atoms with Crippen LogP contribution in [0.25, 0.3) is 0 Å². The van der Waals surface area contributed by atoms with Gasteiger partial charge in [-0.15, -0.1) is 0 Å². The number of anilines is 3. The molecule has 6 nitrogen and oxygen atoms in total. The Balaban J connectivity index is 1.49. The quantitative estimate of drug-likeness (QED) is 0.696. The van der Waals surface area contributed by atoms with E-state index in [4.69, 9.17) is 21.1 Å². The molecule has 0 saturated carbocycles. The lowest BCUT2D eigenvalue weighted by Crippen LogP contribution is -2.17. The van der Waals surface area contributed by atoms with Crippen molar-refractivity contribution in [3.05, 3.63) is 71.5 Å². The summed E-state index contributed by atoms with van der Waals surface area (Å²) in [5, 5.41) is 6.66. The first-order valence-corrected chi connectivity index (χ1v) is 8.75. The summed E-state index contributed by atoms with van der Waals surface area (Å²) >= 11 is 6.00. The van der Waals surface area contributed by atoms with Gasteiger partial charge in [0.15, 0.2) is 11.5 Å². The molecule has 0 bridgehead atoms. The zero-order valence-electron chi connectivity index (χ0n) is 14.2. The summed E-state index contributed by atoms with van der Waals surface area (Å²) < 4.78 is 11.0. The molecule has 1 aromatic heterocycles. The Bertz CT molecular complexity index is 994. The monoisotopic (exact) mass is 381 g/mol. The van der Waals surface area contributed by atoms with E-state index in [1.807, 2.05) is 12.1 Å². The van der Waals surface area contributed by atoms with Crippen molar-refractivity contribution in [2.45, 2.75) is 0 Å². The van der Waals surface area contributed by atoms with Gasteiger partial charge in [-0.3, -0.25) is 9.78 Å². The fourth-order valence-electron chi connectivity index (χ4n) is 2.68. The molecule has 3 aromatic rings. The molecule has 0 aliphatic carbocycles. The molecule has 2 aromatic carbocycles. The number of hydrogen-bond donors (Lipinski definition) is 2. The molecular formula is C20H16ClN3O3. The lowest BCUT2D eigenvalue weighted by atomic mass is 10.2. The molecule has 2 N–H and O–H groups in total. The molecule has 7 heteroatoms. The van der Waals surface area contributed by atoms with E-state index in [9.17, 15) is 4.79 Å². The molecule has 136 valence electrons. The Morgan fingerprint density at radius 2 is 1.74 bits per heavy atom. The maximum Gasteiger partial charge on any atom is 0.274 e. The van der Waals surface area contributed by atoms with Crippen molar-refractivity contribution in [2.75, 3.05) is 23.8 Å². The highest BCUT2D eigenvalue weighted by Crippen LogP contribution is 2.32. The van der Waals surface area contributed by atoms with Gasteiger partial charge in [0.25, 0.3) is 5.91 Å². The number of carbonyl (C=O) groups excluding carboxylic acids is 1. The molecule has 1 aliphatic heterocycles. The van der Waals surface area contributed by atoms with Crippen LogP contribution in [0.1, 0.15) is 10.5 Å². The average Bonchev–Trinajstić information content (AvgIpc) is 2.68. The van der Waals surface area contributed by atoms with E-state index in [0.717, 1.165) is 11.4 Å². The van der Waals surface area contributed by atoms with Gasteiger partial charge in [-0.25, -0.2) is 0 Å². The predicted molar refractivity (Wildman–Crippen MR) is 104 cm³/mol. The molecular weight excluding hydrogens is 366 g/mol. The molecule has 1 aliphatic rings. The van der Waals surface area contributed by atoms with Crippen LogP contribution in [-0.2, 0) is 0 Å². The fraction of sp³-hybridized carbons (Fsp3) is 0.100. The number of rotatable bonds is 4. The molecule has 27 heavy (non-hydrogen) atoms. The number of nitrogens with one attached hydrogen (secondary N) is 2. The standard InChI is InChI=1S/C20H16ClN3O3/c21-13-2-1-3-14(10-13)23-16-6-7-22-17(11-16)20(25)24-15-4-5-18-19(12-15)27-9-8-26-18/h1-7,10-12H,8-9H2,(H,22,23)(H,24,25). The molecule has 1 amide bonds. The van der Waals surface area contributed by atoms with Gasteiger partial charge in [-0.2, -0.15) is 0 Å². The number of pyridine rings is 1. The number of hydrogen-bond acceptors (Lipinski definition) is 5. The summed E-state index contributed by atoms with van der Waals surface area (Å²) in [6.45, 7) is 1.01. The molecule has 0 radical (unpaired) electrons. The van der Waals surface area contributed by atoms with Gasteiger partial charge in [0.2, 0.25) is 0 Å². The first-order valence-electron chi connectivity index (χ1n) is 8.37. The van der Waals surface area contributed by atoms with Crippen LogP contribution >= 0.6 is 11.6 Å². The summed E-state index contributed by atoms with van der Waals surface area (Å²) in [4.78, 5) is 16.7. The Morgan fingerprint density at radius 1 is 0.926 bits per heavy atom. The summed E-state index contributed by atoms with van der Waals surface area (Å²) in [6, 6.07) is 16.1. The molecule has 0 unspecified atom stereocenters. The van der Waals surface area contributed by atoms with Crippen LogP contribution in [0.2, 0.25) is 5.02 Å². The minimum absolute atomic E-state index is 0.289. The first kappa shape index (κ1) is 17.2. The highest BCUT2D eigenvalue weighted by molar-refractivity contribution is 6.30. The number of ether oxygens (including phenoxy) is 2. The van der Waals surface area contributed by atoms with Crippen LogP contribution in [0.15, 0.2) is 60.8 Å². The number of amides is 1. The lowest BCUT2D eigenvalue weighted by Gasteiger charge is -2.19. The number of carbonyl (C=O) groups is 1. The minimum Gasteiger partial charge on any atom is -0.486 e. The zero-order chi connectivity index (χ0) is 18.6. The fourth-order valence-corrected chi connectivity index (χ4v) is 2.87. The predicted octanol–water partition coefficient (Wildman–Crippen LogP) is 4.50. The summed E-state index contributed by atoms with van der Waals surface area (Å²) in [7, 11) is 0. The number of halogens is 1. The third-order valence-electron chi connectivity index (χ3n) is 3.91. The topological polar surface area (TPSA) is 72.5 Å². The largest absolute Gasteiger partial charge is 0.486 e. The van der Waals surface area contributed by atoms with Crippen molar-refractivity contribution in [1.29, 1.82) is 0 Å². The van der Waals surface area contributed by atoms with E-state index < -0.39 is 0 Å². The highest BCUT2D eigenvalue weighted by atomic mass is 35.5. The van der Waals surface area contributed by atoms with Gasteiger partial charge >= 0.3 is 0 Å². The maximum absolute atomic E-state index is 12.5. The highest BCUT2D eigenvalue weighted by Gasteiger charge is 2.14. The number of fused-ring (bicyclic) bond motifs is 1. The Hall–Kier alpha value is -3.25. The Kier molecular flexibility index (Phi) is 4.80. The number of benzene rings is 2. The van der Waals surface area contributed by atoms with Crippen LogP contribution in [0.4, 0.5) is 17.1 Å². The number of aromatic nitrogens is 1. The molecule has 0 atom stereocenters. The number of nitrogens with zero attached hydrogens (tertiary/aromatic N) is 1. The van der Waals surface area contributed by atoms with E-state index in [1.165, 1.54) is 0 Å². The van der Waals surface area contributed by atoms with E-state index >= 15 is 0 Å².